The molecule has 94 valence electrons. The average Bonchev–Trinajstić information content (AvgIpc) is 2.40. The fourth-order valence-corrected chi connectivity index (χ4v) is 3.57. The zero-order valence-electron chi connectivity index (χ0n) is 10.9. The fraction of sp³-hybridized carbons (Fsp3) is 0.250. The second-order valence-electron chi connectivity index (χ2n) is 5.00. The molecule has 0 aliphatic rings. The van der Waals surface area contributed by atoms with Crippen LogP contribution in [0.2, 0.25) is 12.1 Å². The van der Waals surface area contributed by atoms with Gasteiger partial charge in [0.15, 0.2) is 0 Å². The molecule has 0 saturated heterocycles. The molecule has 0 amide bonds. The van der Waals surface area contributed by atoms with E-state index in [4.69, 9.17) is 5.40 Å². The van der Waals surface area contributed by atoms with Gasteiger partial charge in [0.05, 0.1) is 0 Å². The van der Waals surface area contributed by atoms with Gasteiger partial charge in [-0.15, -0.1) is 0 Å². The van der Waals surface area contributed by atoms with E-state index in [1.807, 2.05) is 0 Å². The molecule has 0 heterocycles. The molecular formula is C16H21NSi. The van der Waals surface area contributed by atoms with Crippen molar-refractivity contribution in [1.82, 2.24) is 0 Å². The highest BCUT2D eigenvalue weighted by molar-refractivity contribution is 6.55. The normalized spacial score (nSPS) is 12.6. The summed E-state index contributed by atoms with van der Waals surface area (Å²) in [6, 6.07) is 21.4. The van der Waals surface area contributed by atoms with Crippen molar-refractivity contribution in [2.75, 3.05) is 0 Å². The first-order chi connectivity index (χ1) is 8.75. The Morgan fingerprint density at radius 1 is 0.833 bits per heavy atom. The van der Waals surface area contributed by atoms with E-state index in [1.165, 1.54) is 11.1 Å². The Hall–Kier alpha value is -1.38. The van der Waals surface area contributed by atoms with Crippen LogP contribution in [0.25, 0.3) is 0 Å². The maximum Gasteiger partial charge on any atom is 0.106 e. The van der Waals surface area contributed by atoms with Crippen LogP contribution in [0.4, 0.5) is 0 Å². The number of rotatable bonds is 5. The van der Waals surface area contributed by atoms with Crippen LogP contribution in [0.5, 0.6) is 0 Å². The minimum atomic E-state index is -1.13. The summed E-state index contributed by atoms with van der Waals surface area (Å²) < 4.78 is 0. The van der Waals surface area contributed by atoms with Crippen molar-refractivity contribution in [1.29, 1.82) is 0 Å². The molecule has 1 atom stereocenters. The molecule has 2 aromatic rings. The summed E-state index contributed by atoms with van der Waals surface area (Å²) >= 11 is 0. The van der Waals surface area contributed by atoms with Gasteiger partial charge in [0.2, 0.25) is 0 Å². The molecule has 0 fully saturated rings. The largest absolute Gasteiger partial charge is 0.353 e. The van der Waals surface area contributed by atoms with Gasteiger partial charge in [-0.05, 0) is 29.5 Å². The Kier molecular flexibility index (Phi) is 4.73. The minimum absolute atomic E-state index is 0.634. The van der Waals surface area contributed by atoms with Crippen LogP contribution < -0.4 is 5.40 Å². The van der Waals surface area contributed by atoms with Crippen LogP contribution in [-0.2, 0) is 12.8 Å². The quantitative estimate of drug-likeness (QED) is 0.816. The molecule has 2 N–H and O–H groups in total. The molecule has 0 radical (unpaired) electrons. The van der Waals surface area contributed by atoms with E-state index in [0.29, 0.717) is 5.54 Å². The van der Waals surface area contributed by atoms with E-state index >= 15 is 0 Å². The Bertz CT molecular complexity index is 412. The van der Waals surface area contributed by atoms with Crippen molar-refractivity contribution in [3.05, 3.63) is 71.8 Å². The minimum Gasteiger partial charge on any atom is -0.353 e. The van der Waals surface area contributed by atoms with E-state index < -0.39 is 8.96 Å². The van der Waals surface area contributed by atoms with Crippen molar-refractivity contribution in [2.24, 2.45) is 5.40 Å². The summed E-state index contributed by atoms with van der Waals surface area (Å²) in [5, 5.41) is 6.27. The van der Waals surface area contributed by atoms with E-state index in [-0.39, 0.29) is 0 Å². The fourth-order valence-electron chi connectivity index (χ4n) is 2.28. The zero-order chi connectivity index (χ0) is 12.8. The summed E-state index contributed by atoms with van der Waals surface area (Å²) in [5.41, 5.74) is 3.45. The molecule has 0 bridgehead atoms. The van der Waals surface area contributed by atoms with Gasteiger partial charge >= 0.3 is 0 Å². The van der Waals surface area contributed by atoms with Gasteiger partial charge in [0.1, 0.15) is 8.96 Å². The molecule has 2 heteroatoms. The predicted molar refractivity (Wildman–Crippen MR) is 81.2 cm³/mol. The second-order valence-corrected chi connectivity index (χ2v) is 7.66. The molecule has 0 aliphatic carbocycles. The highest BCUT2D eigenvalue weighted by atomic mass is 28.3. The van der Waals surface area contributed by atoms with Crippen LogP contribution >= 0.6 is 0 Å². The number of nitrogens with two attached hydrogens (primary N) is 1. The maximum atomic E-state index is 6.27. The lowest BCUT2D eigenvalue weighted by molar-refractivity contribution is 0.793. The molecule has 0 aliphatic heterocycles. The van der Waals surface area contributed by atoms with Crippen molar-refractivity contribution < 1.29 is 0 Å². The van der Waals surface area contributed by atoms with E-state index in [9.17, 15) is 0 Å². The number of hydrogen-bond acceptors (Lipinski definition) is 1. The van der Waals surface area contributed by atoms with Crippen molar-refractivity contribution >= 4 is 8.96 Å². The predicted octanol–water partition coefficient (Wildman–Crippen LogP) is 3.15. The lowest BCUT2D eigenvalue weighted by atomic mass is 10.0. The first-order valence-corrected chi connectivity index (χ1v) is 9.08. The van der Waals surface area contributed by atoms with E-state index in [2.05, 4.69) is 67.2 Å². The smallest absolute Gasteiger partial charge is 0.106 e. The van der Waals surface area contributed by atoms with Crippen LogP contribution in [-0.4, -0.2) is 8.96 Å². The van der Waals surface area contributed by atoms with Gasteiger partial charge < -0.3 is 5.40 Å². The summed E-state index contributed by atoms with van der Waals surface area (Å²) in [6.07, 6.45) is 2.22. The van der Waals surface area contributed by atoms with Crippen LogP contribution in [0.15, 0.2) is 60.7 Å². The van der Waals surface area contributed by atoms with Gasteiger partial charge in [0, 0.05) is 0 Å². The summed E-state index contributed by atoms with van der Waals surface area (Å²) in [5.74, 6) is 0. The van der Waals surface area contributed by atoms with E-state index in [1.54, 1.807) is 0 Å². The molecule has 0 saturated carbocycles. The molecule has 1 unspecified atom stereocenters. The van der Waals surface area contributed by atoms with Crippen LogP contribution in [0.3, 0.4) is 0 Å². The third-order valence-corrected chi connectivity index (χ3v) is 5.38. The Labute approximate surface area is 111 Å². The lowest BCUT2D eigenvalue weighted by Crippen LogP contribution is -2.30. The number of hydrogen-bond donors (Lipinski definition) is 1. The summed E-state index contributed by atoms with van der Waals surface area (Å²) in [4.78, 5) is 0. The van der Waals surface area contributed by atoms with Gasteiger partial charge in [-0.3, -0.25) is 0 Å². The Morgan fingerprint density at radius 2 is 1.22 bits per heavy atom. The zero-order valence-corrected chi connectivity index (χ0v) is 12.1. The first-order valence-electron chi connectivity index (χ1n) is 6.59. The third-order valence-electron chi connectivity index (χ3n) is 3.43. The molecule has 18 heavy (non-hydrogen) atoms. The van der Waals surface area contributed by atoms with Crippen LogP contribution in [0.1, 0.15) is 11.1 Å². The van der Waals surface area contributed by atoms with Gasteiger partial charge in [0.25, 0.3) is 0 Å². The topological polar surface area (TPSA) is 26.0 Å². The molecule has 2 aromatic carbocycles. The number of benzene rings is 2. The van der Waals surface area contributed by atoms with Crippen molar-refractivity contribution in [2.45, 2.75) is 24.9 Å². The maximum absolute atomic E-state index is 6.27. The lowest BCUT2D eigenvalue weighted by Gasteiger charge is -2.19. The molecule has 0 spiro atoms. The first kappa shape index (κ1) is 13.1. The average molecular weight is 255 g/mol. The third kappa shape index (κ3) is 3.83. The summed E-state index contributed by atoms with van der Waals surface area (Å²) in [6.45, 7) is 2.25. The highest BCUT2D eigenvalue weighted by Crippen LogP contribution is 2.21. The molecule has 2 rings (SSSR count). The van der Waals surface area contributed by atoms with Crippen molar-refractivity contribution in [3.63, 3.8) is 0 Å². The molecule has 0 aromatic heterocycles. The summed E-state index contributed by atoms with van der Waals surface area (Å²) in [7, 11) is -1.13. The van der Waals surface area contributed by atoms with Crippen LogP contribution in [0, 0.1) is 0 Å². The standard InChI is InChI=1S/C16H21NSi/c1-18(17)16(12-14-8-4-2-5-9-14)13-15-10-6-3-7-11-15/h2-11,16,18H,12-13,17H2,1H3. The van der Waals surface area contributed by atoms with Gasteiger partial charge in [-0.1, -0.05) is 67.2 Å². The van der Waals surface area contributed by atoms with Gasteiger partial charge in [-0.25, -0.2) is 0 Å². The molecule has 1 nitrogen and oxygen atoms in total. The Morgan fingerprint density at radius 3 is 1.56 bits per heavy atom. The second kappa shape index (κ2) is 6.52. The SMILES string of the molecule is C[SiH](N)C(Cc1ccccc1)Cc1ccccc1. The van der Waals surface area contributed by atoms with E-state index in [0.717, 1.165) is 12.8 Å². The highest BCUT2D eigenvalue weighted by Gasteiger charge is 2.16. The molecular weight excluding hydrogens is 234 g/mol. The van der Waals surface area contributed by atoms with Gasteiger partial charge in [-0.2, -0.15) is 0 Å². The Balaban J connectivity index is 2.05. The monoisotopic (exact) mass is 255 g/mol. The van der Waals surface area contributed by atoms with Crippen molar-refractivity contribution in [3.8, 4) is 0 Å².